The van der Waals surface area contributed by atoms with E-state index in [-0.39, 0.29) is 24.0 Å². The number of carbonyl (C=O) groups excluding carboxylic acids is 2. The highest BCUT2D eigenvalue weighted by Gasteiger charge is 2.20. The molecule has 1 aliphatic heterocycles. The van der Waals surface area contributed by atoms with Crippen LogP contribution in [0.3, 0.4) is 0 Å². The second kappa shape index (κ2) is 7.69. The van der Waals surface area contributed by atoms with Crippen molar-refractivity contribution in [2.75, 3.05) is 18.0 Å². The molecule has 0 spiro atoms. The molecule has 7 heteroatoms. The molecule has 0 unspecified atom stereocenters. The molecule has 3 N–H and O–H groups in total. The average molecular weight is 353 g/mol. The summed E-state index contributed by atoms with van der Waals surface area (Å²) in [6.07, 6.45) is 0.856. The summed E-state index contributed by atoms with van der Waals surface area (Å²) in [5.41, 5.74) is 2.14. The number of amides is 3. The molecule has 26 heavy (non-hydrogen) atoms. The van der Waals surface area contributed by atoms with Gasteiger partial charge in [0.15, 0.2) is 0 Å². The van der Waals surface area contributed by atoms with E-state index in [2.05, 4.69) is 10.6 Å². The fraction of sp³-hybridized carbons (Fsp3) is 0.211. The molecule has 3 rings (SSSR count). The molecule has 0 bridgehead atoms. The maximum atomic E-state index is 12.4. The highest BCUT2D eigenvalue weighted by Crippen LogP contribution is 2.18. The zero-order chi connectivity index (χ0) is 18.5. The van der Waals surface area contributed by atoms with Gasteiger partial charge in [-0.05, 0) is 42.3 Å². The molecular weight excluding hydrogens is 334 g/mol. The first kappa shape index (κ1) is 17.5. The maximum Gasteiger partial charge on any atom is 0.335 e. The minimum absolute atomic E-state index is 0.160. The van der Waals surface area contributed by atoms with Crippen molar-refractivity contribution in [1.29, 1.82) is 0 Å². The fourth-order valence-electron chi connectivity index (χ4n) is 2.74. The van der Waals surface area contributed by atoms with Gasteiger partial charge >= 0.3 is 12.0 Å². The Kier molecular flexibility index (Phi) is 5.17. The van der Waals surface area contributed by atoms with E-state index in [0.29, 0.717) is 24.3 Å². The number of aromatic carboxylic acids is 1. The minimum atomic E-state index is -0.987. The number of nitrogens with one attached hydrogen (secondary N) is 2. The van der Waals surface area contributed by atoms with Crippen molar-refractivity contribution in [1.82, 2.24) is 10.6 Å². The third-order valence-electron chi connectivity index (χ3n) is 4.15. The quantitative estimate of drug-likeness (QED) is 0.768. The molecule has 2 aromatic carbocycles. The zero-order valence-corrected chi connectivity index (χ0v) is 14.1. The number of benzene rings is 2. The van der Waals surface area contributed by atoms with Crippen LogP contribution in [0.5, 0.6) is 0 Å². The van der Waals surface area contributed by atoms with E-state index in [0.717, 1.165) is 12.0 Å². The topological polar surface area (TPSA) is 98.7 Å². The molecule has 2 aromatic rings. The van der Waals surface area contributed by atoms with E-state index >= 15 is 0 Å². The number of carbonyl (C=O) groups is 3. The first-order chi connectivity index (χ1) is 12.5. The summed E-state index contributed by atoms with van der Waals surface area (Å²) in [4.78, 5) is 36.8. The minimum Gasteiger partial charge on any atom is -0.478 e. The molecule has 134 valence electrons. The second-order valence-corrected chi connectivity index (χ2v) is 5.97. The molecule has 1 aliphatic rings. The number of rotatable bonds is 5. The molecule has 0 radical (unpaired) electrons. The summed E-state index contributed by atoms with van der Waals surface area (Å²) >= 11 is 0. The third-order valence-corrected chi connectivity index (χ3v) is 4.15. The molecule has 1 fully saturated rings. The van der Waals surface area contributed by atoms with Gasteiger partial charge in [-0.3, -0.25) is 9.69 Å². The van der Waals surface area contributed by atoms with Crippen LogP contribution in [0.25, 0.3) is 0 Å². The monoisotopic (exact) mass is 353 g/mol. The summed E-state index contributed by atoms with van der Waals surface area (Å²) in [5.74, 6) is -1.24. The van der Waals surface area contributed by atoms with Gasteiger partial charge in [-0.15, -0.1) is 0 Å². The van der Waals surface area contributed by atoms with Crippen molar-refractivity contribution in [3.63, 3.8) is 0 Å². The predicted molar refractivity (Wildman–Crippen MR) is 96.4 cm³/mol. The van der Waals surface area contributed by atoms with E-state index in [9.17, 15) is 14.4 Å². The van der Waals surface area contributed by atoms with E-state index in [4.69, 9.17) is 5.11 Å². The molecule has 0 saturated carbocycles. The van der Waals surface area contributed by atoms with Gasteiger partial charge < -0.3 is 15.7 Å². The van der Waals surface area contributed by atoms with Gasteiger partial charge in [-0.25, -0.2) is 9.59 Å². The van der Waals surface area contributed by atoms with Crippen molar-refractivity contribution in [2.24, 2.45) is 0 Å². The Bertz CT molecular complexity index is 833. The molecule has 1 saturated heterocycles. The Morgan fingerprint density at radius 1 is 1.12 bits per heavy atom. The SMILES string of the molecule is O=C(O)c1ccc(CNC(=O)c2cccc(N3CCCNC3=O)c2)cc1. The molecule has 3 amide bonds. The first-order valence-corrected chi connectivity index (χ1v) is 8.30. The number of carboxylic acid groups (broad SMARTS) is 1. The van der Waals surface area contributed by atoms with Gasteiger partial charge in [0.2, 0.25) is 0 Å². The molecule has 1 heterocycles. The Balaban J connectivity index is 1.65. The lowest BCUT2D eigenvalue weighted by atomic mass is 10.1. The second-order valence-electron chi connectivity index (χ2n) is 5.97. The normalized spacial score (nSPS) is 13.8. The standard InChI is InChI=1S/C19H19N3O4/c23-17(21-12-13-5-7-14(8-6-13)18(24)25)15-3-1-4-16(11-15)22-10-2-9-20-19(22)26/h1,3-8,11H,2,9-10,12H2,(H,20,26)(H,21,23)(H,24,25). The first-order valence-electron chi connectivity index (χ1n) is 8.30. The van der Waals surface area contributed by atoms with Crippen LogP contribution in [-0.2, 0) is 6.54 Å². The Morgan fingerprint density at radius 3 is 2.58 bits per heavy atom. The van der Waals surface area contributed by atoms with E-state index in [1.54, 1.807) is 41.3 Å². The van der Waals surface area contributed by atoms with Crippen molar-refractivity contribution >= 4 is 23.6 Å². The average Bonchev–Trinajstić information content (AvgIpc) is 2.67. The van der Waals surface area contributed by atoms with Crippen LogP contribution in [0.15, 0.2) is 48.5 Å². The number of hydrogen-bond acceptors (Lipinski definition) is 3. The lowest BCUT2D eigenvalue weighted by Gasteiger charge is -2.27. The largest absolute Gasteiger partial charge is 0.478 e. The number of nitrogens with zero attached hydrogens (tertiary/aromatic N) is 1. The fourth-order valence-corrected chi connectivity index (χ4v) is 2.74. The lowest BCUT2D eigenvalue weighted by Crippen LogP contribution is -2.46. The summed E-state index contributed by atoms with van der Waals surface area (Å²) in [6, 6.07) is 13.1. The van der Waals surface area contributed by atoms with Crippen LogP contribution in [0.1, 0.15) is 32.7 Å². The molecular formula is C19H19N3O4. The highest BCUT2D eigenvalue weighted by atomic mass is 16.4. The van der Waals surface area contributed by atoms with Gasteiger partial charge in [0.05, 0.1) is 5.56 Å². The summed E-state index contributed by atoms with van der Waals surface area (Å²) in [6.45, 7) is 1.57. The maximum absolute atomic E-state index is 12.4. The molecule has 7 nitrogen and oxygen atoms in total. The third kappa shape index (κ3) is 4.00. The van der Waals surface area contributed by atoms with E-state index in [1.807, 2.05) is 0 Å². The van der Waals surface area contributed by atoms with Crippen LogP contribution >= 0.6 is 0 Å². The smallest absolute Gasteiger partial charge is 0.335 e. The van der Waals surface area contributed by atoms with E-state index in [1.165, 1.54) is 12.1 Å². The van der Waals surface area contributed by atoms with E-state index < -0.39 is 5.97 Å². The Morgan fingerprint density at radius 2 is 1.88 bits per heavy atom. The molecule has 0 aliphatic carbocycles. The number of carboxylic acids is 1. The number of anilines is 1. The zero-order valence-electron chi connectivity index (χ0n) is 14.1. The van der Waals surface area contributed by atoms with Crippen LogP contribution in [0.2, 0.25) is 0 Å². The van der Waals surface area contributed by atoms with Crippen LogP contribution < -0.4 is 15.5 Å². The number of urea groups is 1. The van der Waals surface area contributed by atoms with Gasteiger partial charge in [0, 0.05) is 30.9 Å². The van der Waals surface area contributed by atoms with Gasteiger partial charge in [-0.2, -0.15) is 0 Å². The van der Waals surface area contributed by atoms with Crippen LogP contribution in [0, 0.1) is 0 Å². The lowest BCUT2D eigenvalue weighted by molar-refractivity contribution is 0.0696. The summed E-state index contributed by atoms with van der Waals surface area (Å²) in [7, 11) is 0. The van der Waals surface area contributed by atoms with Crippen LogP contribution in [-0.4, -0.2) is 36.1 Å². The van der Waals surface area contributed by atoms with Crippen molar-refractivity contribution in [2.45, 2.75) is 13.0 Å². The number of hydrogen-bond donors (Lipinski definition) is 3. The van der Waals surface area contributed by atoms with Crippen LogP contribution in [0.4, 0.5) is 10.5 Å². The molecule has 0 aromatic heterocycles. The van der Waals surface area contributed by atoms with Gasteiger partial charge in [-0.1, -0.05) is 18.2 Å². The van der Waals surface area contributed by atoms with Crippen molar-refractivity contribution in [3.05, 3.63) is 65.2 Å². The highest BCUT2D eigenvalue weighted by molar-refractivity contribution is 5.98. The molecule has 0 atom stereocenters. The Hall–Kier alpha value is -3.35. The van der Waals surface area contributed by atoms with Crippen molar-refractivity contribution < 1.29 is 19.5 Å². The van der Waals surface area contributed by atoms with Gasteiger partial charge in [0.1, 0.15) is 0 Å². The summed E-state index contributed by atoms with van der Waals surface area (Å²) in [5, 5.41) is 14.5. The Labute approximate surface area is 150 Å². The van der Waals surface area contributed by atoms with Gasteiger partial charge in [0.25, 0.3) is 5.91 Å². The predicted octanol–water partition coefficient (Wildman–Crippen LogP) is 2.23. The van der Waals surface area contributed by atoms with Crippen molar-refractivity contribution in [3.8, 4) is 0 Å². The summed E-state index contributed by atoms with van der Waals surface area (Å²) < 4.78 is 0.